The number of halogens is 1. The number of hydrogen-bond donors (Lipinski definition) is 2. The van der Waals surface area contributed by atoms with Crippen molar-refractivity contribution in [2.24, 2.45) is 0 Å². The van der Waals surface area contributed by atoms with Crippen LogP contribution in [0.3, 0.4) is 0 Å². The Kier molecular flexibility index (Phi) is 7.78. The highest BCUT2D eigenvalue weighted by Gasteiger charge is 2.10. The second-order valence-electron chi connectivity index (χ2n) is 4.17. The first kappa shape index (κ1) is 16.5. The van der Waals surface area contributed by atoms with Gasteiger partial charge in [0.05, 0.1) is 11.0 Å². The summed E-state index contributed by atoms with van der Waals surface area (Å²) in [6.45, 7) is 3.92. The summed E-state index contributed by atoms with van der Waals surface area (Å²) in [5.41, 5.74) is 1.01. The molecule has 0 bridgehead atoms. The standard InChI is InChI=1S/C15H19BrN2O2/c1-3-8-17-10-12-6-5-7-13(16)15(12)20-11-14(19)18-9-4-2/h2,5-7,17H,3,8-11H2,1H3,(H,18,19). The van der Waals surface area contributed by atoms with E-state index in [1.807, 2.05) is 18.2 Å². The highest BCUT2D eigenvalue weighted by molar-refractivity contribution is 9.10. The van der Waals surface area contributed by atoms with Crippen molar-refractivity contribution in [2.45, 2.75) is 19.9 Å². The topological polar surface area (TPSA) is 50.4 Å². The van der Waals surface area contributed by atoms with Crippen LogP contribution in [0.15, 0.2) is 22.7 Å². The summed E-state index contributed by atoms with van der Waals surface area (Å²) in [6, 6.07) is 5.80. The molecule has 20 heavy (non-hydrogen) atoms. The minimum Gasteiger partial charge on any atom is -0.482 e. The quantitative estimate of drug-likeness (QED) is 0.563. The largest absolute Gasteiger partial charge is 0.482 e. The molecule has 1 rings (SSSR count). The van der Waals surface area contributed by atoms with Crippen molar-refractivity contribution in [1.29, 1.82) is 0 Å². The zero-order chi connectivity index (χ0) is 14.8. The third-order valence-electron chi connectivity index (χ3n) is 2.53. The fourth-order valence-electron chi connectivity index (χ4n) is 1.59. The second kappa shape index (κ2) is 9.40. The van der Waals surface area contributed by atoms with Gasteiger partial charge < -0.3 is 15.4 Å². The lowest BCUT2D eigenvalue weighted by molar-refractivity contribution is -0.122. The van der Waals surface area contributed by atoms with Gasteiger partial charge in [-0.15, -0.1) is 6.42 Å². The fraction of sp³-hybridized carbons (Fsp3) is 0.400. The number of benzene rings is 1. The van der Waals surface area contributed by atoms with E-state index in [1.54, 1.807) is 0 Å². The zero-order valence-electron chi connectivity index (χ0n) is 11.5. The maximum absolute atomic E-state index is 11.5. The molecule has 0 radical (unpaired) electrons. The first-order valence-electron chi connectivity index (χ1n) is 6.50. The third kappa shape index (κ3) is 5.64. The molecule has 2 N–H and O–H groups in total. The summed E-state index contributed by atoms with van der Waals surface area (Å²) in [5.74, 6) is 2.80. The van der Waals surface area contributed by atoms with Gasteiger partial charge in [0.2, 0.25) is 0 Å². The molecule has 108 valence electrons. The Labute approximate surface area is 128 Å². The molecule has 4 nitrogen and oxygen atoms in total. The molecule has 0 atom stereocenters. The number of nitrogens with one attached hydrogen (secondary N) is 2. The van der Waals surface area contributed by atoms with Crippen LogP contribution in [0.2, 0.25) is 0 Å². The Balaban J connectivity index is 2.63. The van der Waals surface area contributed by atoms with E-state index in [4.69, 9.17) is 11.2 Å². The van der Waals surface area contributed by atoms with Crippen molar-refractivity contribution in [3.05, 3.63) is 28.2 Å². The van der Waals surface area contributed by atoms with Crippen LogP contribution in [0.5, 0.6) is 5.75 Å². The number of rotatable bonds is 8. The third-order valence-corrected chi connectivity index (χ3v) is 3.15. The monoisotopic (exact) mass is 338 g/mol. The van der Waals surface area contributed by atoms with Crippen molar-refractivity contribution in [3.63, 3.8) is 0 Å². The van der Waals surface area contributed by atoms with Gasteiger partial charge in [0.25, 0.3) is 5.91 Å². The SMILES string of the molecule is C#CCNC(=O)COc1c(Br)cccc1CNCCC. The summed E-state index contributed by atoms with van der Waals surface area (Å²) in [4.78, 5) is 11.5. The minimum atomic E-state index is -0.230. The Bertz CT molecular complexity index is 483. The average molecular weight is 339 g/mol. The molecular formula is C15H19BrN2O2. The normalized spacial score (nSPS) is 9.85. The van der Waals surface area contributed by atoms with Gasteiger partial charge >= 0.3 is 0 Å². The van der Waals surface area contributed by atoms with Crippen molar-refractivity contribution >= 4 is 21.8 Å². The Morgan fingerprint density at radius 2 is 2.30 bits per heavy atom. The Morgan fingerprint density at radius 3 is 3.00 bits per heavy atom. The van der Waals surface area contributed by atoms with Crippen molar-refractivity contribution in [3.8, 4) is 18.1 Å². The molecule has 0 heterocycles. The van der Waals surface area contributed by atoms with Crippen LogP contribution in [0.1, 0.15) is 18.9 Å². The van der Waals surface area contributed by atoms with Crippen molar-refractivity contribution < 1.29 is 9.53 Å². The van der Waals surface area contributed by atoms with Gasteiger partial charge in [0.15, 0.2) is 6.61 Å². The number of para-hydroxylation sites is 1. The highest BCUT2D eigenvalue weighted by Crippen LogP contribution is 2.29. The molecule has 0 saturated heterocycles. The first-order valence-corrected chi connectivity index (χ1v) is 7.29. The predicted octanol–water partition coefficient (Wildman–Crippen LogP) is 2.08. The van der Waals surface area contributed by atoms with Gasteiger partial charge in [-0.1, -0.05) is 25.0 Å². The molecule has 0 aliphatic heterocycles. The average Bonchev–Trinajstić information content (AvgIpc) is 2.44. The molecule has 1 amide bonds. The maximum Gasteiger partial charge on any atom is 0.258 e. The van der Waals surface area contributed by atoms with Gasteiger partial charge in [-0.05, 0) is 35.0 Å². The predicted molar refractivity (Wildman–Crippen MR) is 83.5 cm³/mol. The van der Waals surface area contributed by atoms with E-state index in [0.29, 0.717) is 12.3 Å². The molecule has 1 aromatic rings. The van der Waals surface area contributed by atoms with E-state index in [0.717, 1.165) is 23.0 Å². The van der Waals surface area contributed by atoms with E-state index in [9.17, 15) is 4.79 Å². The van der Waals surface area contributed by atoms with Crippen LogP contribution in [-0.2, 0) is 11.3 Å². The second-order valence-corrected chi connectivity index (χ2v) is 5.03. The van der Waals surface area contributed by atoms with Gasteiger partial charge in [-0.3, -0.25) is 4.79 Å². The van der Waals surface area contributed by atoms with Crippen LogP contribution in [0.4, 0.5) is 0 Å². The molecule has 0 aliphatic rings. The molecular weight excluding hydrogens is 320 g/mol. The van der Waals surface area contributed by atoms with Gasteiger partial charge in [-0.2, -0.15) is 0 Å². The summed E-state index contributed by atoms with van der Waals surface area (Å²) in [5, 5.41) is 5.88. The number of ether oxygens (including phenoxy) is 1. The summed E-state index contributed by atoms with van der Waals surface area (Å²) >= 11 is 3.44. The lowest BCUT2D eigenvalue weighted by Crippen LogP contribution is -2.29. The van der Waals surface area contributed by atoms with Gasteiger partial charge in [0, 0.05) is 12.1 Å². The van der Waals surface area contributed by atoms with E-state index >= 15 is 0 Å². The highest BCUT2D eigenvalue weighted by atomic mass is 79.9. The fourth-order valence-corrected chi connectivity index (χ4v) is 2.11. The van der Waals surface area contributed by atoms with Crippen LogP contribution < -0.4 is 15.4 Å². The Hall–Kier alpha value is -1.51. The number of carbonyl (C=O) groups excluding carboxylic acids is 1. The minimum absolute atomic E-state index is 0.0505. The number of amides is 1. The number of hydrogen-bond acceptors (Lipinski definition) is 3. The molecule has 5 heteroatoms. The lowest BCUT2D eigenvalue weighted by atomic mass is 10.2. The van der Waals surface area contributed by atoms with Crippen LogP contribution in [-0.4, -0.2) is 25.6 Å². The van der Waals surface area contributed by atoms with Crippen LogP contribution >= 0.6 is 15.9 Å². The van der Waals surface area contributed by atoms with Gasteiger partial charge in [0.1, 0.15) is 5.75 Å². The summed E-state index contributed by atoms with van der Waals surface area (Å²) < 4.78 is 6.42. The lowest BCUT2D eigenvalue weighted by Gasteiger charge is -2.13. The van der Waals surface area contributed by atoms with Gasteiger partial charge in [-0.25, -0.2) is 0 Å². The Morgan fingerprint density at radius 1 is 1.50 bits per heavy atom. The molecule has 0 fully saturated rings. The smallest absolute Gasteiger partial charge is 0.258 e. The summed E-state index contributed by atoms with van der Waals surface area (Å²) in [7, 11) is 0. The van der Waals surface area contributed by atoms with Crippen LogP contribution in [0, 0.1) is 12.3 Å². The van der Waals surface area contributed by atoms with E-state index in [-0.39, 0.29) is 19.1 Å². The van der Waals surface area contributed by atoms with E-state index < -0.39 is 0 Å². The summed E-state index contributed by atoms with van der Waals surface area (Å²) in [6.07, 6.45) is 6.15. The zero-order valence-corrected chi connectivity index (χ0v) is 13.1. The molecule has 1 aromatic carbocycles. The number of carbonyl (C=O) groups is 1. The molecule has 0 saturated carbocycles. The number of terminal acetylenes is 1. The molecule has 0 aromatic heterocycles. The van der Waals surface area contributed by atoms with Crippen LogP contribution in [0.25, 0.3) is 0 Å². The first-order chi connectivity index (χ1) is 9.69. The van der Waals surface area contributed by atoms with E-state index in [2.05, 4.69) is 39.4 Å². The van der Waals surface area contributed by atoms with Crippen molar-refractivity contribution in [1.82, 2.24) is 10.6 Å². The molecule has 0 unspecified atom stereocenters. The van der Waals surface area contributed by atoms with E-state index in [1.165, 1.54) is 0 Å². The maximum atomic E-state index is 11.5. The molecule has 0 aliphatic carbocycles. The van der Waals surface area contributed by atoms with Crippen molar-refractivity contribution in [2.75, 3.05) is 19.7 Å². The molecule has 0 spiro atoms.